The number of amides is 1. The summed E-state index contributed by atoms with van der Waals surface area (Å²) in [6.07, 6.45) is 6.66. The van der Waals surface area contributed by atoms with Gasteiger partial charge in [0.2, 0.25) is 15.6 Å². The molecular weight excluding hydrogens is 471 g/mol. The van der Waals surface area contributed by atoms with Gasteiger partial charge >= 0.3 is 0 Å². The predicted octanol–water partition coefficient (Wildman–Crippen LogP) is 4.55. The molecule has 2 aromatic carbocycles. The van der Waals surface area contributed by atoms with E-state index in [1.807, 2.05) is 13.8 Å². The maximum absolute atomic E-state index is 14.2. The number of hydrogen-bond donors (Lipinski definition) is 1. The van der Waals surface area contributed by atoms with E-state index in [1.165, 1.54) is 24.4 Å². The molecule has 2 heterocycles. The number of ether oxygens (including phenoxy) is 1. The first-order chi connectivity index (χ1) is 16.7. The van der Waals surface area contributed by atoms with Crippen molar-refractivity contribution in [3.63, 3.8) is 0 Å². The Bertz CT molecular complexity index is 1500. The minimum atomic E-state index is -4.03. The molecule has 8 nitrogen and oxygen atoms in total. The normalized spacial score (nSPS) is 11.7. The van der Waals surface area contributed by atoms with E-state index in [0.29, 0.717) is 35.6 Å². The fraction of sp³-hybridized carbons (Fsp3) is 0.240. The Hall–Kier alpha value is -3.79. The van der Waals surface area contributed by atoms with Crippen molar-refractivity contribution >= 4 is 27.2 Å². The molecule has 0 radical (unpaired) electrons. The second-order valence-electron chi connectivity index (χ2n) is 8.44. The Kier molecular flexibility index (Phi) is 6.83. The molecule has 1 N–H and O–H groups in total. The van der Waals surface area contributed by atoms with Crippen LogP contribution in [0, 0.1) is 11.7 Å². The number of rotatable bonds is 8. The highest BCUT2D eigenvalue weighted by atomic mass is 32.2. The molecule has 0 bridgehead atoms. The lowest BCUT2D eigenvalue weighted by molar-refractivity contribution is 0.102. The first-order valence-electron chi connectivity index (χ1n) is 11.1. The summed E-state index contributed by atoms with van der Waals surface area (Å²) >= 11 is 0. The lowest BCUT2D eigenvalue weighted by atomic mass is 10.1. The highest BCUT2D eigenvalue weighted by Crippen LogP contribution is 2.30. The monoisotopic (exact) mass is 496 g/mol. The van der Waals surface area contributed by atoms with Crippen LogP contribution in [0.4, 0.5) is 10.1 Å². The van der Waals surface area contributed by atoms with E-state index in [9.17, 15) is 17.6 Å². The zero-order chi connectivity index (χ0) is 25.2. The molecule has 0 aliphatic rings. The van der Waals surface area contributed by atoms with Gasteiger partial charge in [0.15, 0.2) is 0 Å². The van der Waals surface area contributed by atoms with Gasteiger partial charge in [0, 0.05) is 36.5 Å². The van der Waals surface area contributed by atoms with Crippen molar-refractivity contribution in [2.45, 2.75) is 37.0 Å². The third kappa shape index (κ3) is 5.32. The highest BCUT2D eigenvalue weighted by molar-refractivity contribution is 7.91. The number of halogens is 1. The molecular formula is C25H25FN4O4S. The van der Waals surface area contributed by atoms with E-state index >= 15 is 0 Å². The zero-order valence-corrected chi connectivity index (χ0v) is 20.3. The summed E-state index contributed by atoms with van der Waals surface area (Å²) in [5, 5.41) is 2.77. The zero-order valence-electron chi connectivity index (χ0n) is 19.5. The van der Waals surface area contributed by atoms with Gasteiger partial charge in [-0.15, -0.1) is 0 Å². The van der Waals surface area contributed by atoms with Gasteiger partial charge < -0.3 is 10.1 Å². The summed E-state index contributed by atoms with van der Waals surface area (Å²) in [4.78, 5) is 20.7. The molecule has 0 aliphatic carbocycles. The SMILES string of the molecule is CCc1cc(NC(=O)c2cnc3nccn3c2)ccc1S(=O)(=O)c1cc(F)cc(OCC(C)C)c1. The third-order valence-corrected chi connectivity index (χ3v) is 7.07. The smallest absolute Gasteiger partial charge is 0.258 e. The Morgan fingerprint density at radius 2 is 1.97 bits per heavy atom. The van der Waals surface area contributed by atoms with Crippen molar-refractivity contribution in [1.82, 2.24) is 14.4 Å². The number of carbonyl (C=O) groups is 1. The molecule has 2 aromatic heterocycles. The number of aryl methyl sites for hydroxylation is 1. The van der Waals surface area contributed by atoms with E-state index in [0.717, 1.165) is 12.1 Å². The Morgan fingerprint density at radius 1 is 1.17 bits per heavy atom. The Labute approximate surface area is 202 Å². The topological polar surface area (TPSA) is 103 Å². The van der Waals surface area contributed by atoms with E-state index in [1.54, 1.807) is 36.0 Å². The number of nitrogens with zero attached hydrogens (tertiary/aromatic N) is 3. The minimum absolute atomic E-state index is 0.0416. The first kappa shape index (κ1) is 24.3. The van der Waals surface area contributed by atoms with Gasteiger partial charge in [-0.05, 0) is 48.2 Å². The standard InChI is InChI=1S/C25H25FN4O4S/c1-4-17-9-20(29-24(31)18-13-28-25-27-7-8-30(25)14-18)5-6-23(17)35(32,33)22-11-19(26)10-21(12-22)34-15-16(2)3/h5-14,16H,4,15H2,1-3H3,(H,29,31). The number of carbonyl (C=O) groups excluding carboxylic acids is 1. The van der Waals surface area contributed by atoms with E-state index in [-0.39, 0.29) is 21.5 Å². The van der Waals surface area contributed by atoms with Gasteiger partial charge in [-0.25, -0.2) is 22.8 Å². The molecule has 0 atom stereocenters. The summed E-state index contributed by atoms with van der Waals surface area (Å²) in [6.45, 7) is 6.02. The van der Waals surface area contributed by atoms with Gasteiger partial charge in [0.05, 0.1) is 22.0 Å². The molecule has 0 saturated heterocycles. The quantitative estimate of drug-likeness (QED) is 0.384. The molecule has 0 saturated carbocycles. The van der Waals surface area contributed by atoms with Crippen LogP contribution in [0.1, 0.15) is 36.7 Å². The summed E-state index contributed by atoms with van der Waals surface area (Å²) in [5.74, 6) is -0.273. The number of imidazole rings is 1. The van der Waals surface area contributed by atoms with Crippen LogP contribution >= 0.6 is 0 Å². The van der Waals surface area contributed by atoms with Gasteiger partial charge in [-0.1, -0.05) is 20.8 Å². The van der Waals surface area contributed by atoms with Crippen molar-refractivity contribution in [2.75, 3.05) is 11.9 Å². The molecule has 10 heteroatoms. The van der Waals surface area contributed by atoms with Gasteiger partial charge in [0.1, 0.15) is 11.6 Å². The number of aromatic nitrogens is 3. The summed E-state index contributed by atoms with van der Waals surface area (Å²) in [6, 6.07) is 7.99. The van der Waals surface area contributed by atoms with Crippen molar-refractivity contribution in [3.8, 4) is 5.75 Å². The Balaban J connectivity index is 1.61. The van der Waals surface area contributed by atoms with Crippen LogP contribution in [-0.2, 0) is 16.3 Å². The van der Waals surface area contributed by atoms with Crippen molar-refractivity contribution in [2.24, 2.45) is 5.92 Å². The number of fused-ring (bicyclic) bond motifs is 1. The molecule has 1 amide bonds. The number of hydrogen-bond acceptors (Lipinski definition) is 6. The van der Waals surface area contributed by atoms with Crippen LogP contribution in [0.15, 0.2) is 71.0 Å². The van der Waals surface area contributed by atoms with Gasteiger partial charge in [-0.2, -0.15) is 0 Å². The minimum Gasteiger partial charge on any atom is -0.493 e. The van der Waals surface area contributed by atoms with Crippen LogP contribution in [0.5, 0.6) is 5.75 Å². The molecule has 0 spiro atoms. The van der Waals surface area contributed by atoms with Crippen LogP contribution in [0.2, 0.25) is 0 Å². The molecule has 182 valence electrons. The third-order valence-electron chi connectivity index (χ3n) is 5.23. The molecule has 4 rings (SSSR count). The maximum Gasteiger partial charge on any atom is 0.258 e. The molecule has 35 heavy (non-hydrogen) atoms. The lowest BCUT2D eigenvalue weighted by Crippen LogP contribution is -2.14. The second kappa shape index (κ2) is 9.83. The Morgan fingerprint density at radius 3 is 2.71 bits per heavy atom. The van der Waals surface area contributed by atoms with Crippen molar-refractivity contribution < 1.29 is 22.3 Å². The fourth-order valence-corrected chi connectivity index (χ4v) is 5.09. The van der Waals surface area contributed by atoms with Gasteiger partial charge in [0.25, 0.3) is 5.91 Å². The average Bonchev–Trinajstić information content (AvgIpc) is 3.30. The average molecular weight is 497 g/mol. The predicted molar refractivity (Wildman–Crippen MR) is 129 cm³/mol. The largest absolute Gasteiger partial charge is 0.493 e. The fourth-order valence-electron chi connectivity index (χ4n) is 3.50. The van der Waals surface area contributed by atoms with Crippen LogP contribution in [0.25, 0.3) is 5.78 Å². The second-order valence-corrected chi connectivity index (χ2v) is 10.4. The van der Waals surface area contributed by atoms with Crippen LogP contribution in [-0.4, -0.2) is 35.3 Å². The summed E-state index contributed by atoms with van der Waals surface area (Å²) in [5.41, 5.74) is 1.23. The van der Waals surface area contributed by atoms with Crippen LogP contribution < -0.4 is 10.1 Å². The molecule has 0 fully saturated rings. The lowest BCUT2D eigenvalue weighted by Gasteiger charge is -2.14. The summed E-state index contributed by atoms with van der Waals surface area (Å²) < 4.78 is 48.2. The first-order valence-corrected chi connectivity index (χ1v) is 12.6. The van der Waals surface area contributed by atoms with Crippen LogP contribution in [0.3, 0.4) is 0 Å². The maximum atomic E-state index is 14.2. The number of nitrogens with one attached hydrogen (secondary N) is 1. The summed E-state index contributed by atoms with van der Waals surface area (Å²) in [7, 11) is -4.03. The number of anilines is 1. The highest BCUT2D eigenvalue weighted by Gasteiger charge is 2.23. The number of benzene rings is 2. The van der Waals surface area contributed by atoms with E-state index in [2.05, 4.69) is 15.3 Å². The van der Waals surface area contributed by atoms with Crippen molar-refractivity contribution in [1.29, 1.82) is 0 Å². The van der Waals surface area contributed by atoms with E-state index in [4.69, 9.17) is 4.74 Å². The molecule has 0 aliphatic heterocycles. The molecule has 4 aromatic rings. The number of sulfone groups is 1. The van der Waals surface area contributed by atoms with E-state index < -0.39 is 21.6 Å². The molecule has 0 unspecified atom stereocenters. The van der Waals surface area contributed by atoms with Crippen molar-refractivity contribution in [3.05, 3.63) is 78.1 Å². The van der Waals surface area contributed by atoms with Gasteiger partial charge in [-0.3, -0.25) is 9.20 Å².